The molecule has 3 N–H and O–H groups in total. The molecule has 3 rings (SSSR count). The number of hydrogen-bond acceptors (Lipinski definition) is 4. The summed E-state index contributed by atoms with van der Waals surface area (Å²) in [5.74, 6) is -2.92. The van der Waals surface area contributed by atoms with Crippen LogP contribution in [0.2, 0.25) is 10.0 Å². The monoisotopic (exact) mass is 496 g/mol. The zero-order valence-electron chi connectivity index (χ0n) is 17.4. The van der Waals surface area contributed by atoms with Gasteiger partial charge >= 0.3 is 5.97 Å². The SMILES string of the molecule is CC1=C(C)C[C@@H](C(=O)O)[C@@H](C(=O)Nc2ccc(S(=O)(=O)Nc3cc(Cl)cc(Cl)c3)cc2)C1. The van der Waals surface area contributed by atoms with Crippen molar-refractivity contribution in [1.82, 2.24) is 0 Å². The minimum Gasteiger partial charge on any atom is -0.481 e. The highest BCUT2D eigenvalue weighted by Gasteiger charge is 2.37. The highest BCUT2D eigenvalue weighted by Crippen LogP contribution is 2.35. The molecule has 0 unspecified atom stereocenters. The predicted octanol–water partition coefficient (Wildman–Crippen LogP) is 5.18. The summed E-state index contributed by atoms with van der Waals surface area (Å²) in [5.41, 5.74) is 2.59. The number of sulfonamides is 1. The highest BCUT2D eigenvalue weighted by atomic mass is 35.5. The van der Waals surface area contributed by atoms with Crippen molar-refractivity contribution in [3.63, 3.8) is 0 Å². The van der Waals surface area contributed by atoms with Crippen LogP contribution < -0.4 is 10.0 Å². The minimum absolute atomic E-state index is 0.0259. The fourth-order valence-electron chi connectivity index (χ4n) is 3.61. The molecule has 1 aliphatic rings. The summed E-state index contributed by atoms with van der Waals surface area (Å²) in [6, 6.07) is 9.93. The molecule has 2 aromatic rings. The molecule has 0 spiro atoms. The maximum atomic E-state index is 12.8. The molecule has 0 heterocycles. The average molecular weight is 497 g/mol. The van der Waals surface area contributed by atoms with Gasteiger partial charge in [0, 0.05) is 15.7 Å². The summed E-state index contributed by atoms with van der Waals surface area (Å²) in [7, 11) is -3.91. The number of carbonyl (C=O) groups excluding carboxylic acids is 1. The number of anilines is 2. The molecule has 2 atom stereocenters. The van der Waals surface area contributed by atoms with Crippen LogP contribution in [-0.2, 0) is 19.6 Å². The Morgan fingerprint density at radius 2 is 1.44 bits per heavy atom. The van der Waals surface area contributed by atoms with E-state index in [-0.39, 0.29) is 20.6 Å². The van der Waals surface area contributed by atoms with E-state index in [1.54, 1.807) is 0 Å². The average Bonchev–Trinajstić information content (AvgIpc) is 2.68. The van der Waals surface area contributed by atoms with Crippen molar-refractivity contribution in [3.8, 4) is 0 Å². The van der Waals surface area contributed by atoms with Crippen LogP contribution in [-0.4, -0.2) is 25.4 Å². The summed E-state index contributed by atoms with van der Waals surface area (Å²) in [5, 5.41) is 12.8. The Morgan fingerprint density at radius 3 is 1.97 bits per heavy atom. The van der Waals surface area contributed by atoms with Gasteiger partial charge in [0.15, 0.2) is 0 Å². The van der Waals surface area contributed by atoms with Gasteiger partial charge in [-0.05, 0) is 69.2 Å². The highest BCUT2D eigenvalue weighted by molar-refractivity contribution is 7.92. The third-order valence-electron chi connectivity index (χ3n) is 5.47. The van der Waals surface area contributed by atoms with Crippen molar-refractivity contribution in [3.05, 3.63) is 63.7 Å². The van der Waals surface area contributed by atoms with E-state index in [2.05, 4.69) is 10.0 Å². The molecule has 7 nitrogen and oxygen atoms in total. The molecular weight excluding hydrogens is 475 g/mol. The molecule has 0 bridgehead atoms. The topological polar surface area (TPSA) is 113 Å². The second kappa shape index (κ2) is 9.52. The molecule has 0 fully saturated rings. The Labute approximate surface area is 196 Å². The number of hydrogen-bond donors (Lipinski definition) is 3. The quantitative estimate of drug-likeness (QED) is 0.476. The van der Waals surface area contributed by atoms with Gasteiger partial charge in [-0.1, -0.05) is 34.3 Å². The number of nitrogens with one attached hydrogen (secondary N) is 2. The van der Waals surface area contributed by atoms with E-state index < -0.39 is 33.7 Å². The van der Waals surface area contributed by atoms with Crippen LogP contribution in [0.5, 0.6) is 0 Å². The van der Waals surface area contributed by atoms with Gasteiger partial charge in [0.05, 0.1) is 22.4 Å². The summed E-state index contributed by atoms with van der Waals surface area (Å²) in [4.78, 5) is 24.4. The number of carbonyl (C=O) groups is 2. The summed E-state index contributed by atoms with van der Waals surface area (Å²) in [6.07, 6.45) is 0.697. The fourth-order valence-corrected chi connectivity index (χ4v) is 5.17. The molecule has 0 radical (unpaired) electrons. The van der Waals surface area contributed by atoms with Gasteiger partial charge in [-0.2, -0.15) is 0 Å². The summed E-state index contributed by atoms with van der Waals surface area (Å²) < 4.78 is 27.7. The first kappa shape index (κ1) is 24.1. The Kier molecular flexibility index (Phi) is 7.17. The molecule has 1 aliphatic carbocycles. The van der Waals surface area contributed by atoms with E-state index in [1.165, 1.54) is 42.5 Å². The zero-order valence-corrected chi connectivity index (χ0v) is 19.7. The smallest absolute Gasteiger partial charge is 0.307 e. The van der Waals surface area contributed by atoms with Crippen LogP contribution in [0, 0.1) is 11.8 Å². The number of carboxylic acids is 1. The van der Waals surface area contributed by atoms with Gasteiger partial charge in [-0.15, -0.1) is 0 Å². The van der Waals surface area contributed by atoms with Crippen molar-refractivity contribution in [2.75, 3.05) is 10.0 Å². The standard InChI is InChI=1S/C22H22Cl2N2O5S/c1-12-7-19(20(22(28)29)8-13(12)2)21(27)25-16-3-5-18(6-4-16)32(30,31)26-17-10-14(23)9-15(24)11-17/h3-6,9-11,19-20,26H,7-8H2,1-2H3,(H,25,27)(H,28,29)/t19-,20+/m0/s1. The lowest BCUT2D eigenvalue weighted by Gasteiger charge is -2.29. The molecule has 1 amide bonds. The number of rotatable bonds is 6. The largest absolute Gasteiger partial charge is 0.481 e. The van der Waals surface area contributed by atoms with Gasteiger partial charge in [-0.25, -0.2) is 8.42 Å². The number of allylic oxidation sites excluding steroid dienone is 2. The van der Waals surface area contributed by atoms with E-state index in [0.717, 1.165) is 11.1 Å². The van der Waals surface area contributed by atoms with Crippen LogP contribution in [0.4, 0.5) is 11.4 Å². The van der Waals surface area contributed by atoms with Gasteiger partial charge in [-0.3, -0.25) is 14.3 Å². The molecule has 0 aliphatic heterocycles. The second-order valence-electron chi connectivity index (χ2n) is 7.80. The van der Waals surface area contributed by atoms with Gasteiger partial charge in [0.25, 0.3) is 10.0 Å². The lowest BCUT2D eigenvalue weighted by atomic mass is 9.76. The Hall–Kier alpha value is -2.55. The predicted molar refractivity (Wildman–Crippen MR) is 125 cm³/mol. The van der Waals surface area contributed by atoms with Gasteiger partial charge < -0.3 is 10.4 Å². The van der Waals surface area contributed by atoms with Crippen molar-refractivity contribution in [2.45, 2.75) is 31.6 Å². The van der Waals surface area contributed by atoms with Crippen molar-refractivity contribution in [2.24, 2.45) is 11.8 Å². The lowest BCUT2D eigenvalue weighted by molar-refractivity contribution is -0.146. The van der Waals surface area contributed by atoms with E-state index in [0.29, 0.717) is 18.5 Å². The fraction of sp³-hybridized carbons (Fsp3) is 0.273. The van der Waals surface area contributed by atoms with Crippen LogP contribution >= 0.6 is 23.2 Å². The van der Waals surface area contributed by atoms with Crippen molar-refractivity contribution in [1.29, 1.82) is 0 Å². The minimum atomic E-state index is -3.91. The summed E-state index contributed by atoms with van der Waals surface area (Å²) >= 11 is 11.8. The van der Waals surface area contributed by atoms with Gasteiger partial charge in [0.1, 0.15) is 0 Å². The van der Waals surface area contributed by atoms with E-state index in [9.17, 15) is 23.1 Å². The molecular formula is C22H22Cl2N2O5S. The second-order valence-corrected chi connectivity index (χ2v) is 10.4. The maximum absolute atomic E-state index is 12.8. The van der Waals surface area contributed by atoms with E-state index in [1.807, 2.05) is 13.8 Å². The van der Waals surface area contributed by atoms with Crippen LogP contribution in [0.1, 0.15) is 26.7 Å². The third-order valence-corrected chi connectivity index (χ3v) is 7.30. The Bertz CT molecular complexity index is 1170. The lowest BCUT2D eigenvalue weighted by Crippen LogP contribution is -2.36. The molecule has 10 heteroatoms. The number of halogens is 2. The Morgan fingerprint density at radius 1 is 0.906 bits per heavy atom. The number of amides is 1. The zero-order chi connectivity index (χ0) is 23.6. The first-order valence-electron chi connectivity index (χ1n) is 9.74. The number of aliphatic carboxylic acids is 1. The van der Waals surface area contributed by atoms with Crippen molar-refractivity contribution >= 4 is 56.5 Å². The molecule has 0 saturated heterocycles. The van der Waals surface area contributed by atoms with Crippen LogP contribution in [0.25, 0.3) is 0 Å². The molecule has 170 valence electrons. The molecule has 0 aromatic heterocycles. The normalized spacial score (nSPS) is 18.9. The summed E-state index contributed by atoms with van der Waals surface area (Å²) in [6.45, 7) is 3.78. The Balaban J connectivity index is 1.74. The first-order valence-corrected chi connectivity index (χ1v) is 12.0. The maximum Gasteiger partial charge on any atom is 0.307 e. The molecule has 2 aromatic carbocycles. The number of carboxylic acid groups (broad SMARTS) is 1. The van der Waals surface area contributed by atoms with Gasteiger partial charge in [0.2, 0.25) is 5.91 Å². The first-order chi connectivity index (χ1) is 15.0. The van der Waals surface area contributed by atoms with Crippen molar-refractivity contribution < 1.29 is 23.1 Å². The third kappa shape index (κ3) is 5.62. The van der Waals surface area contributed by atoms with E-state index in [4.69, 9.17) is 23.2 Å². The molecule has 0 saturated carbocycles. The van der Waals surface area contributed by atoms with Crippen LogP contribution in [0.15, 0.2) is 58.5 Å². The number of benzene rings is 2. The van der Waals surface area contributed by atoms with Crippen LogP contribution in [0.3, 0.4) is 0 Å². The van der Waals surface area contributed by atoms with E-state index >= 15 is 0 Å². The molecule has 32 heavy (non-hydrogen) atoms.